The van der Waals surface area contributed by atoms with Gasteiger partial charge in [-0.25, -0.2) is 0 Å². The highest BCUT2D eigenvalue weighted by atomic mass is 16.4. The Morgan fingerprint density at radius 2 is 1.23 bits per heavy atom. The van der Waals surface area contributed by atoms with Gasteiger partial charge in [0.15, 0.2) is 12.2 Å². The van der Waals surface area contributed by atoms with Crippen molar-refractivity contribution in [2.45, 2.75) is 159 Å². The second-order valence-electron chi connectivity index (χ2n) is 19.1. The first kappa shape index (κ1) is 51.5. The molecule has 19 atom stereocenters. The van der Waals surface area contributed by atoms with Gasteiger partial charge >= 0.3 is 0 Å². The lowest BCUT2D eigenvalue weighted by Gasteiger charge is -2.63. The van der Waals surface area contributed by atoms with Crippen LogP contribution in [0.25, 0.3) is 0 Å². The number of carbonyl (C=O) groups is 3. The fraction of sp³-hybridized carbons (Fsp3) is 0.929. The van der Waals surface area contributed by atoms with Gasteiger partial charge in [-0.2, -0.15) is 0 Å². The zero-order valence-electron chi connectivity index (χ0n) is 35.8. The molecule has 0 heterocycles. The Morgan fingerprint density at radius 1 is 0.705 bits per heavy atom. The third-order valence-electron chi connectivity index (χ3n) is 15.5. The van der Waals surface area contributed by atoms with Crippen LogP contribution in [0.4, 0.5) is 0 Å². The Balaban J connectivity index is 1.37. The third kappa shape index (κ3) is 11.4. The molecule has 0 bridgehead atoms. The van der Waals surface area contributed by atoms with Gasteiger partial charge in [0.1, 0.15) is 36.6 Å². The third-order valence-corrected chi connectivity index (χ3v) is 15.5. The average molecular weight is 878 g/mol. The fourth-order valence-electron chi connectivity index (χ4n) is 11.7. The predicted molar refractivity (Wildman–Crippen MR) is 216 cm³/mol. The molecule has 4 aliphatic rings. The number of hydrogen-bond donors (Lipinski definition) is 15. The Labute approximate surface area is 357 Å². The van der Waals surface area contributed by atoms with Gasteiger partial charge in [-0.3, -0.25) is 14.4 Å². The SMILES string of the molecule is C[C@H](CCC(=O)N(CCCNC(=O)[C@H](O)[C@H](O)[C@H](O)[C@H](O)CO)CCCNC(=O)[C@H](O)[C@H](O)[C@H](O)[C@@H](O)CO)[C@@H]1CC[C@@H]2[C@H]3[C@H](O)C[C@H]4C[C@@H](O)CC[C@]4(C)[C@@H]3C[C@@H](O)[C@@]21C. The van der Waals surface area contributed by atoms with Crippen molar-refractivity contribution in [1.29, 1.82) is 0 Å². The summed E-state index contributed by atoms with van der Waals surface area (Å²) in [5, 5.41) is 136. The van der Waals surface area contributed by atoms with Gasteiger partial charge in [0.05, 0.1) is 31.5 Å². The van der Waals surface area contributed by atoms with E-state index in [9.17, 15) is 70.6 Å². The van der Waals surface area contributed by atoms with Crippen LogP contribution >= 0.6 is 0 Å². The van der Waals surface area contributed by atoms with Gasteiger partial charge < -0.3 is 81.9 Å². The lowest BCUT2D eigenvalue weighted by Crippen LogP contribution is -2.62. The zero-order valence-corrected chi connectivity index (χ0v) is 35.8. The minimum atomic E-state index is -2.13. The Kier molecular flexibility index (Phi) is 18.7. The van der Waals surface area contributed by atoms with Crippen LogP contribution in [0.15, 0.2) is 0 Å². The number of fused-ring (bicyclic) bond motifs is 5. The summed E-state index contributed by atoms with van der Waals surface area (Å²) in [6.07, 6.45) is -11.3. The minimum absolute atomic E-state index is 0.0275. The van der Waals surface area contributed by atoms with E-state index in [0.29, 0.717) is 25.7 Å². The molecular formula is C42H75N3O16. The average Bonchev–Trinajstić information content (AvgIpc) is 3.61. The summed E-state index contributed by atoms with van der Waals surface area (Å²) in [6, 6.07) is 0. The van der Waals surface area contributed by atoms with Gasteiger partial charge in [-0.1, -0.05) is 20.8 Å². The fourth-order valence-corrected chi connectivity index (χ4v) is 11.7. The molecule has 3 amide bonds. The quantitative estimate of drug-likeness (QED) is 0.0462. The lowest BCUT2D eigenvalue weighted by atomic mass is 9.43. The second kappa shape index (κ2) is 22.2. The van der Waals surface area contributed by atoms with Crippen LogP contribution in [0.1, 0.15) is 91.4 Å². The van der Waals surface area contributed by atoms with Crippen LogP contribution in [0, 0.1) is 46.3 Å². The van der Waals surface area contributed by atoms with Gasteiger partial charge in [-0.05, 0) is 111 Å². The summed E-state index contributed by atoms with van der Waals surface area (Å²) < 4.78 is 0. The molecule has 4 fully saturated rings. The maximum Gasteiger partial charge on any atom is 0.251 e. The van der Waals surface area contributed by atoms with Crippen molar-refractivity contribution in [1.82, 2.24) is 15.5 Å². The van der Waals surface area contributed by atoms with Crippen molar-refractivity contribution in [3.8, 4) is 0 Å². The van der Waals surface area contributed by atoms with Crippen molar-refractivity contribution in [3.05, 3.63) is 0 Å². The zero-order chi connectivity index (χ0) is 45.6. The van der Waals surface area contributed by atoms with Crippen molar-refractivity contribution >= 4 is 17.7 Å². The first-order valence-electron chi connectivity index (χ1n) is 22.2. The molecule has 4 saturated carbocycles. The molecule has 0 aromatic rings. The van der Waals surface area contributed by atoms with E-state index in [2.05, 4.69) is 31.4 Å². The highest BCUT2D eigenvalue weighted by Gasteiger charge is 2.65. The molecule has 4 aliphatic carbocycles. The molecule has 15 N–H and O–H groups in total. The number of amides is 3. The van der Waals surface area contributed by atoms with E-state index in [1.54, 1.807) is 0 Å². The predicted octanol–water partition coefficient (Wildman–Crippen LogP) is -3.92. The molecule has 0 aliphatic heterocycles. The number of rotatable bonds is 22. The van der Waals surface area contributed by atoms with E-state index in [-0.39, 0.29) is 98.4 Å². The van der Waals surface area contributed by atoms with Gasteiger partial charge in [0.2, 0.25) is 5.91 Å². The molecule has 0 aromatic heterocycles. The monoisotopic (exact) mass is 878 g/mol. The van der Waals surface area contributed by atoms with Crippen LogP contribution in [-0.2, 0) is 14.4 Å². The summed E-state index contributed by atoms with van der Waals surface area (Å²) in [5.74, 6) is -1.73. The molecular weight excluding hydrogens is 802 g/mol. The second-order valence-corrected chi connectivity index (χ2v) is 19.1. The highest BCUT2D eigenvalue weighted by Crippen LogP contribution is 2.68. The molecule has 0 spiro atoms. The molecule has 354 valence electrons. The Hall–Kier alpha value is -2.11. The number of aliphatic hydroxyl groups is 13. The number of hydrogen-bond acceptors (Lipinski definition) is 16. The van der Waals surface area contributed by atoms with E-state index < -0.39 is 91.5 Å². The number of carbonyl (C=O) groups excluding carboxylic acids is 3. The summed E-state index contributed by atoms with van der Waals surface area (Å²) in [5.41, 5.74) is -0.524. The smallest absolute Gasteiger partial charge is 0.251 e. The van der Waals surface area contributed by atoms with Crippen LogP contribution in [0.2, 0.25) is 0 Å². The first-order chi connectivity index (χ1) is 28.6. The van der Waals surface area contributed by atoms with Crippen molar-refractivity contribution in [3.63, 3.8) is 0 Å². The summed E-state index contributed by atoms with van der Waals surface area (Å²) >= 11 is 0. The van der Waals surface area contributed by atoms with Crippen LogP contribution < -0.4 is 10.6 Å². The summed E-state index contributed by atoms with van der Waals surface area (Å²) in [6.45, 7) is 4.76. The Morgan fingerprint density at radius 3 is 1.74 bits per heavy atom. The molecule has 4 rings (SSSR count). The van der Waals surface area contributed by atoms with Gasteiger partial charge in [0, 0.05) is 32.6 Å². The molecule has 0 radical (unpaired) electrons. The first-order valence-corrected chi connectivity index (χ1v) is 22.2. The molecule has 0 unspecified atom stereocenters. The summed E-state index contributed by atoms with van der Waals surface area (Å²) in [4.78, 5) is 40.3. The van der Waals surface area contributed by atoms with Crippen molar-refractivity contribution in [2.24, 2.45) is 46.3 Å². The molecule has 0 aromatic carbocycles. The van der Waals surface area contributed by atoms with E-state index in [0.717, 1.165) is 25.7 Å². The van der Waals surface area contributed by atoms with Gasteiger partial charge in [-0.15, -0.1) is 0 Å². The number of aliphatic hydroxyl groups excluding tert-OH is 13. The maximum atomic E-state index is 13.9. The van der Waals surface area contributed by atoms with Crippen LogP contribution in [0.5, 0.6) is 0 Å². The van der Waals surface area contributed by atoms with Gasteiger partial charge in [0.25, 0.3) is 11.8 Å². The van der Waals surface area contributed by atoms with Crippen molar-refractivity contribution < 1.29 is 80.8 Å². The minimum Gasteiger partial charge on any atom is -0.394 e. The van der Waals surface area contributed by atoms with E-state index >= 15 is 0 Å². The van der Waals surface area contributed by atoms with Crippen LogP contribution in [0.3, 0.4) is 0 Å². The summed E-state index contributed by atoms with van der Waals surface area (Å²) in [7, 11) is 0. The standard InChI is InChI=1S/C42H75N3O16/c1-21(24-7-8-25-32-26(18-30(52)42(24,25)3)41(2)11-10-23(48)16-22(41)17-27(32)49)6-9-31(53)45(14-4-12-43-39(60)37(58)35(56)33(54)28(50)19-46)15-5-13-44-40(61)38(59)36(57)34(55)29(51)20-47/h21-30,32-38,46-52,54-59H,4-20H2,1-3H3,(H,43,60)(H,44,61)/t21-,22-,23+,24+,25-,26-,27-,28-,29+,30-,32-,33-,34-,35-,36-,37-,38-,41+,42-/m1/s1. The molecule has 19 heteroatoms. The van der Waals surface area contributed by atoms with E-state index in [1.165, 1.54) is 4.90 Å². The normalized spacial score (nSPS) is 35.5. The molecule has 19 nitrogen and oxygen atoms in total. The highest BCUT2D eigenvalue weighted by molar-refractivity contribution is 5.81. The largest absolute Gasteiger partial charge is 0.394 e. The van der Waals surface area contributed by atoms with E-state index in [4.69, 9.17) is 10.2 Å². The number of nitrogens with zero attached hydrogens (tertiary/aromatic N) is 1. The Bertz CT molecular complexity index is 1380. The van der Waals surface area contributed by atoms with Crippen LogP contribution in [-0.4, -0.2) is 196 Å². The lowest BCUT2D eigenvalue weighted by molar-refractivity contribution is -0.207. The molecule has 0 saturated heterocycles. The topological polar surface area (TPSA) is 342 Å². The molecule has 61 heavy (non-hydrogen) atoms. The van der Waals surface area contributed by atoms with E-state index in [1.807, 2.05) is 0 Å². The number of nitrogens with one attached hydrogen (secondary N) is 2. The van der Waals surface area contributed by atoms with Crippen molar-refractivity contribution in [2.75, 3.05) is 39.4 Å². The maximum absolute atomic E-state index is 13.9.